The van der Waals surface area contributed by atoms with Crippen molar-refractivity contribution in [3.8, 4) is 11.3 Å². The van der Waals surface area contributed by atoms with Gasteiger partial charge >= 0.3 is 0 Å². The summed E-state index contributed by atoms with van der Waals surface area (Å²) in [4.78, 5) is 18.0. The van der Waals surface area contributed by atoms with Gasteiger partial charge in [0, 0.05) is 54.1 Å². The van der Waals surface area contributed by atoms with E-state index < -0.39 is 0 Å². The second-order valence-corrected chi connectivity index (χ2v) is 8.77. The van der Waals surface area contributed by atoms with Gasteiger partial charge in [-0.1, -0.05) is 19.9 Å². The Morgan fingerprint density at radius 3 is 2.63 bits per heavy atom. The summed E-state index contributed by atoms with van der Waals surface area (Å²) < 4.78 is 1.97. The maximum atomic E-state index is 4.77. The van der Waals surface area contributed by atoms with Gasteiger partial charge in [0.15, 0.2) is 0 Å². The fraction of sp³-hybridized carbons (Fsp3) is 0.269. The van der Waals surface area contributed by atoms with Crippen LogP contribution in [-0.2, 0) is 7.05 Å². The molecule has 0 aliphatic heterocycles. The van der Waals surface area contributed by atoms with Gasteiger partial charge in [0.1, 0.15) is 12.1 Å². The van der Waals surface area contributed by atoms with Crippen LogP contribution in [-0.4, -0.2) is 49.9 Å². The lowest BCUT2D eigenvalue weighted by Crippen LogP contribution is -2.18. The summed E-state index contributed by atoms with van der Waals surface area (Å²) in [5.41, 5.74) is 5.79. The fourth-order valence-corrected chi connectivity index (χ4v) is 4.35. The number of aromatic nitrogens is 6. The first-order valence-corrected chi connectivity index (χ1v) is 11.7. The average Bonchev–Trinajstić information content (AvgIpc) is 3.19. The minimum Gasteiger partial charge on any atom is -0.368 e. The normalized spacial score (nSPS) is 11.5. The van der Waals surface area contributed by atoms with Crippen LogP contribution in [0.15, 0.2) is 55.0 Å². The number of rotatable bonds is 8. The molecule has 0 unspecified atom stereocenters. The molecule has 0 aliphatic carbocycles. The summed E-state index contributed by atoms with van der Waals surface area (Å²) in [5, 5.41) is 16.6. The molecule has 0 amide bonds. The Balaban J connectivity index is 1.42. The molecule has 0 saturated carbocycles. The average molecular weight is 468 g/mol. The minimum absolute atomic E-state index is 0.374. The summed E-state index contributed by atoms with van der Waals surface area (Å²) in [5.74, 6) is 1.72. The number of hydrogen-bond acceptors (Lipinski definition) is 8. The number of likely N-dealkylation sites (N-methyl/N-ethyl adjacent to an activating group) is 1. The third kappa shape index (κ3) is 4.63. The highest BCUT2D eigenvalue weighted by molar-refractivity contribution is 5.91. The lowest BCUT2D eigenvalue weighted by molar-refractivity contribution is 0.677. The molecule has 5 aromatic rings. The van der Waals surface area contributed by atoms with Crippen molar-refractivity contribution in [2.45, 2.75) is 19.8 Å². The summed E-state index contributed by atoms with van der Waals surface area (Å²) in [6.45, 7) is 6.01. The Bertz CT molecular complexity index is 1490. The van der Waals surface area contributed by atoms with Crippen molar-refractivity contribution in [2.24, 2.45) is 7.05 Å². The van der Waals surface area contributed by atoms with Crippen molar-refractivity contribution in [3.05, 3.63) is 60.7 Å². The summed E-state index contributed by atoms with van der Waals surface area (Å²) >= 11 is 0. The number of hydrogen-bond donors (Lipinski definition) is 3. The van der Waals surface area contributed by atoms with Crippen molar-refractivity contribution in [1.82, 2.24) is 35.0 Å². The van der Waals surface area contributed by atoms with E-state index in [1.807, 2.05) is 43.0 Å². The molecular formula is C26H29N9. The lowest BCUT2D eigenvalue weighted by atomic mass is 10.0. The van der Waals surface area contributed by atoms with Gasteiger partial charge in [0.05, 0.1) is 16.7 Å². The van der Waals surface area contributed by atoms with Gasteiger partial charge in [-0.3, -0.25) is 4.68 Å². The van der Waals surface area contributed by atoms with E-state index in [9.17, 15) is 0 Å². The third-order valence-electron chi connectivity index (χ3n) is 5.94. The highest BCUT2D eigenvalue weighted by Crippen LogP contribution is 2.30. The second kappa shape index (κ2) is 9.63. The van der Waals surface area contributed by atoms with Gasteiger partial charge in [-0.15, -0.1) is 0 Å². The Labute approximate surface area is 204 Å². The first-order chi connectivity index (χ1) is 17.0. The Hall–Kier alpha value is -4.11. The van der Waals surface area contributed by atoms with Crippen LogP contribution in [0.2, 0.25) is 0 Å². The predicted octanol–water partition coefficient (Wildman–Crippen LogP) is 4.47. The lowest BCUT2D eigenvalue weighted by Gasteiger charge is -2.10. The van der Waals surface area contributed by atoms with Crippen molar-refractivity contribution in [2.75, 3.05) is 30.8 Å². The van der Waals surface area contributed by atoms with Crippen LogP contribution in [0, 0.1) is 0 Å². The molecule has 2 aromatic carbocycles. The molecule has 0 radical (unpaired) electrons. The molecule has 0 bridgehead atoms. The van der Waals surface area contributed by atoms with Crippen molar-refractivity contribution in [1.29, 1.82) is 0 Å². The summed E-state index contributed by atoms with van der Waals surface area (Å²) in [6.07, 6.45) is 3.35. The molecule has 0 spiro atoms. The Morgan fingerprint density at radius 1 is 0.914 bits per heavy atom. The van der Waals surface area contributed by atoms with Gasteiger partial charge in [0.2, 0.25) is 5.95 Å². The topological polar surface area (TPSA) is 105 Å². The standard InChI is InChI=1S/C26H29N9/c1-16(2)24-20-13-17(5-8-22(20)34-35(24)4)21-9-10-29-26(33-21)32-18-6-7-19-23(14-18)30-15-31-25(19)28-12-11-27-3/h5-10,13-16,27H,11-12H2,1-4H3,(H,28,30,31)(H,29,32,33). The van der Waals surface area contributed by atoms with E-state index in [0.717, 1.165) is 57.7 Å². The first-order valence-electron chi connectivity index (χ1n) is 11.7. The molecule has 0 aliphatic rings. The van der Waals surface area contributed by atoms with Crippen LogP contribution in [0.4, 0.5) is 17.5 Å². The molecule has 0 fully saturated rings. The minimum atomic E-state index is 0.374. The molecule has 0 saturated heterocycles. The largest absolute Gasteiger partial charge is 0.368 e. The molecule has 3 heterocycles. The number of nitrogens with one attached hydrogen (secondary N) is 3. The van der Waals surface area contributed by atoms with Crippen molar-refractivity contribution in [3.63, 3.8) is 0 Å². The van der Waals surface area contributed by atoms with E-state index in [-0.39, 0.29) is 0 Å². The summed E-state index contributed by atoms with van der Waals surface area (Å²) in [6, 6.07) is 14.2. The van der Waals surface area contributed by atoms with E-state index in [0.29, 0.717) is 11.9 Å². The van der Waals surface area contributed by atoms with Gasteiger partial charge in [-0.2, -0.15) is 5.10 Å². The molecule has 0 atom stereocenters. The second-order valence-electron chi connectivity index (χ2n) is 8.77. The quantitative estimate of drug-likeness (QED) is 0.287. The van der Waals surface area contributed by atoms with Crippen molar-refractivity contribution >= 4 is 39.3 Å². The molecular weight excluding hydrogens is 438 g/mol. The van der Waals surface area contributed by atoms with E-state index in [1.165, 1.54) is 5.69 Å². The fourth-order valence-electron chi connectivity index (χ4n) is 4.35. The van der Waals surface area contributed by atoms with E-state index >= 15 is 0 Å². The third-order valence-corrected chi connectivity index (χ3v) is 5.94. The van der Waals surface area contributed by atoms with Crippen molar-refractivity contribution < 1.29 is 0 Å². The Morgan fingerprint density at radius 2 is 1.80 bits per heavy atom. The monoisotopic (exact) mass is 467 g/mol. The SMILES string of the molecule is CNCCNc1ncnc2cc(Nc3nccc(-c4ccc5nn(C)c(C(C)C)c5c4)n3)ccc12. The van der Waals surface area contributed by atoms with Crippen LogP contribution in [0.3, 0.4) is 0 Å². The highest BCUT2D eigenvalue weighted by Gasteiger charge is 2.14. The summed E-state index contributed by atoms with van der Waals surface area (Å²) in [7, 11) is 3.92. The zero-order valence-electron chi connectivity index (χ0n) is 20.4. The molecule has 3 N–H and O–H groups in total. The predicted molar refractivity (Wildman–Crippen MR) is 141 cm³/mol. The van der Waals surface area contributed by atoms with Gasteiger partial charge in [-0.05, 0) is 49.4 Å². The van der Waals surface area contributed by atoms with Crippen LogP contribution in [0.1, 0.15) is 25.5 Å². The van der Waals surface area contributed by atoms with Gasteiger partial charge in [-0.25, -0.2) is 19.9 Å². The number of anilines is 3. The van der Waals surface area contributed by atoms with Crippen LogP contribution in [0.5, 0.6) is 0 Å². The number of nitrogens with zero attached hydrogens (tertiary/aromatic N) is 6. The van der Waals surface area contributed by atoms with Crippen LogP contribution >= 0.6 is 0 Å². The maximum absolute atomic E-state index is 4.77. The smallest absolute Gasteiger partial charge is 0.227 e. The number of aryl methyl sites for hydroxylation is 1. The molecule has 35 heavy (non-hydrogen) atoms. The molecule has 9 heteroatoms. The molecule has 5 rings (SSSR count). The van der Waals surface area contributed by atoms with Crippen LogP contribution in [0.25, 0.3) is 33.1 Å². The zero-order chi connectivity index (χ0) is 24.4. The molecule has 178 valence electrons. The number of fused-ring (bicyclic) bond motifs is 2. The number of benzene rings is 2. The van der Waals surface area contributed by atoms with Gasteiger partial charge < -0.3 is 16.0 Å². The highest BCUT2D eigenvalue weighted by atomic mass is 15.3. The first kappa shape index (κ1) is 22.7. The van der Waals surface area contributed by atoms with Crippen LogP contribution < -0.4 is 16.0 Å². The molecule has 9 nitrogen and oxygen atoms in total. The molecule has 3 aromatic heterocycles. The van der Waals surface area contributed by atoms with E-state index in [2.05, 4.69) is 68.0 Å². The van der Waals surface area contributed by atoms with E-state index in [4.69, 9.17) is 4.98 Å². The van der Waals surface area contributed by atoms with Gasteiger partial charge in [0.25, 0.3) is 0 Å². The maximum Gasteiger partial charge on any atom is 0.227 e. The zero-order valence-corrected chi connectivity index (χ0v) is 20.4. The van der Waals surface area contributed by atoms with E-state index in [1.54, 1.807) is 12.5 Å². The Kier molecular flexibility index (Phi) is 6.24.